The average Bonchev–Trinajstić information content (AvgIpc) is 3.14. The fourth-order valence-corrected chi connectivity index (χ4v) is 4.32. The van der Waals surface area contributed by atoms with Gasteiger partial charge in [0.25, 0.3) is 0 Å². The fraction of sp³-hybridized carbons (Fsp3) is 0.688. The van der Waals surface area contributed by atoms with Crippen molar-refractivity contribution in [2.75, 3.05) is 13.1 Å². The molecule has 0 bridgehead atoms. The third kappa shape index (κ3) is 3.65. The number of rotatable bonds is 4. The largest absolute Gasteiger partial charge is 0.389 e. The van der Waals surface area contributed by atoms with Gasteiger partial charge in [-0.3, -0.25) is 9.69 Å². The number of carbonyl (C=O) groups excluding carboxylic acids is 1. The zero-order chi connectivity index (χ0) is 14.7. The summed E-state index contributed by atoms with van der Waals surface area (Å²) in [6, 6.07) is 4.09. The van der Waals surface area contributed by atoms with Crippen molar-refractivity contribution in [2.45, 2.75) is 56.7 Å². The van der Waals surface area contributed by atoms with Crippen LogP contribution in [-0.4, -0.2) is 47.2 Å². The maximum absolute atomic E-state index is 12.1. The molecule has 2 N–H and O–H groups in total. The summed E-state index contributed by atoms with van der Waals surface area (Å²) in [4.78, 5) is 15.6. The number of nitrogens with one attached hydrogen (secondary N) is 1. The second kappa shape index (κ2) is 6.90. The molecular weight excluding hydrogens is 284 g/mol. The van der Waals surface area contributed by atoms with E-state index < -0.39 is 6.10 Å². The Morgan fingerprint density at radius 2 is 2.14 bits per heavy atom. The highest BCUT2D eigenvalue weighted by Crippen LogP contribution is 2.26. The summed E-state index contributed by atoms with van der Waals surface area (Å²) in [6.07, 6.45) is 5.50. The van der Waals surface area contributed by atoms with Crippen molar-refractivity contribution in [3.05, 3.63) is 22.4 Å². The van der Waals surface area contributed by atoms with E-state index in [0.29, 0.717) is 6.42 Å². The van der Waals surface area contributed by atoms with Gasteiger partial charge in [0, 0.05) is 10.9 Å². The van der Waals surface area contributed by atoms with Crippen molar-refractivity contribution in [1.82, 2.24) is 10.2 Å². The van der Waals surface area contributed by atoms with Gasteiger partial charge >= 0.3 is 0 Å². The lowest BCUT2D eigenvalue weighted by molar-refractivity contribution is -0.123. The minimum atomic E-state index is -0.427. The van der Waals surface area contributed by atoms with Crippen molar-refractivity contribution < 1.29 is 9.90 Å². The van der Waals surface area contributed by atoms with Gasteiger partial charge in [0.1, 0.15) is 0 Å². The predicted molar refractivity (Wildman–Crippen MR) is 84.4 cm³/mol. The van der Waals surface area contributed by atoms with Crippen LogP contribution in [0.1, 0.15) is 37.0 Å². The molecule has 0 spiro atoms. The summed E-state index contributed by atoms with van der Waals surface area (Å²) >= 11 is 1.60. The monoisotopic (exact) mass is 308 g/mol. The Bertz CT molecular complexity index is 457. The van der Waals surface area contributed by atoms with Gasteiger partial charge in [-0.15, -0.1) is 11.3 Å². The number of amides is 1. The Kier molecular flexibility index (Phi) is 4.93. The van der Waals surface area contributed by atoms with E-state index in [-0.39, 0.29) is 18.0 Å². The Labute approximate surface area is 130 Å². The van der Waals surface area contributed by atoms with Crippen molar-refractivity contribution in [1.29, 1.82) is 0 Å². The van der Waals surface area contributed by atoms with Gasteiger partial charge < -0.3 is 10.4 Å². The third-order valence-corrected chi connectivity index (χ3v) is 5.57. The molecule has 0 radical (unpaired) electrons. The van der Waals surface area contributed by atoms with Crippen LogP contribution in [0.5, 0.6) is 0 Å². The van der Waals surface area contributed by atoms with Gasteiger partial charge in [-0.2, -0.15) is 0 Å². The number of nitrogens with zero attached hydrogens (tertiary/aromatic N) is 1. The summed E-state index contributed by atoms with van der Waals surface area (Å²) in [5.74, 6) is 0.0311. The molecule has 1 aliphatic carbocycles. The standard InChI is InChI=1S/C16H24N2O2S/c19-15(11-12-5-4-10-21-12)17-13-6-3-7-14(16(13)20)18-8-1-2-9-18/h4-5,10,13-14,16,20H,1-3,6-9,11H2,(H,17,19)/t13-,14-,16-/m1/s1. The molecule has 2 fully saturated rings. The Hall–Kier alpha value is -0.910. The maximum atomic E-state index is 12.1. The molecule has 2 heterocycles. The van der Waals surface area contributed by atoms with Gasteiger partial charge in [-0.05, 0) is 56.6 Å². The molecular formula is C16H24N2O2S. The van der Waals surface area contributed by atoms with Gasteiger partial charge in [-0.25, -0.2) is 0 Å². The van der Waals surface area contributed by atoms with Crippen molar-refractivity contribution in [2.24, 2.45) is 0 Å². The van der Waals surface area contributed by atoms with E-state index in [1.165, 1.54) is 12.8 Å². The first-order valence-corrected chi connectivity index (χ1v) is 8.86. The first kappa shape index (κ1) is 15.0. The Morgan fingerprint density at radius 1 is 1.33 bits per heavy atom. The van der Waals surface area contributed by atoms with Crippen LogP contribution in [0.25, 0.3) is 0 Å². The van der Waals surface area contributed by atoms with Crippen LogP contribution in [0.4, 0.5) is 0 Å². The molecule has 21 heavy (non-hydrogen) atoms. The van der Waals surface area contributed by atoms with Crippen LogP contribution < -0.4 is 5.32 Å². The molecule has 1 amide bonds. The lowest BCUT2D eigenvalue weighted by atomic mass is 9.87. The van der Waals surface area contributed by atoms with Gasteiger partial charge in [-0.1, -0.05) is 6.07 Å². The molecule has 3 atom stereocenters. The van der Waals surface area contributed by atoms with Crippen molar-refractivity contribution in [3.8, 4) is 0 Å². The summed E-state index contributed by atoms with van der Waals surface area (Å²) in [5, 5.41) is 15.6. The number of aliphatic hydroxyl groups excluding tert-OH is 1. The topological polar surface area (TPSA) is 52.6 Å². The highest BCUT2D eigenvalue weighted by molar-refractivity contribution is 7.10. The zero-order valence-corrected chi connectivity index (χ0v) is 13.1. The van der Waals surface area contributed by atoms with Crippen LogP contribution in [0, 0.1) is 0 Å². The van der Waals surface area contributed by atoms with E-state index in [9.17, 15) is 9.90 Å². The fourth-order valence-electron chi connectivity index (χ4n) is 3.62. The van der Waals surface area contributed by atoms with E-state index in [4.69, 9.17) is 0 Å². The predicted octanol–water partition coefficient (Wildman–Crippen LogP) is 1.78. The van der Waals surface area contributed by atoms with E-state index in [1.54, 1.807) is 11.3 Å². The highest BCUT2D eigenvalue weighted by Gasteiger charge is 2.36. The zero-order valence-electron chi connectivity index (χ0n) is 12.3. The first-order valence-electron chi connectivity index (χ1n) is 7.98. The summed E-state index contributed by atoms with van der Waals surface area (Å²) < 4.78 is 0. The van der Waals surface area contributed by atoms with Crippen LogP contribution in [-0.2, 0) is 11.2 Å². The molecule has 1 aromatic heterocycles. The molecule has 0 aromatic carbocycles. The summed E-state index contributed by atoms with van der Waals surface area (Å²) in [7, 11) is 0. The third-order valence-electron chi connectivity index (χ3n) is 4.69. The molecule has 2 aliphatic rings. The molecule has 3 rings (SSSR count). The lowest BCUT2D eigenvalue weighted by Gasteiger charge is -2.40. The van der Waals surface area contributed by atoms with Gasteiger partial charge in [0.05, 0.1) is 18.6 Å². The normalized spacial score (nSPS) is 30.4. The molecule has 116 valence electrons. The Balaban J connectivity index is 1.55. The SMILES string of the molecule is O=C(Cc1cccs1)N[C@@H]1CCC[C@@H](N2CCCC2)[C@@H]1O. The molecule has 4 nitrogen and oxygen atoms in total. The van der Waals surface area contributed by atoms with E-state index in [0.717, 1.165) is 37.2 Å². The molecule has 0 unspecified atom stereocenters. The number of aliphatic hydroxyl groups is 1. The van der Waals surface area contributed by atoms with Crippen LogP contribution in [0.3, 0.4) is 0 Å². The average molecular weight is 308 g/mol. The Morgan fingerprint density at radius 3 is 2.86 bits per heavy atom. The lowest BCUT2D eigenvalue weighted by Crippen LogP contribution is -2.56. The van der Waals surface area contributed by atoms with Crippen molar-refractivity contribution in [3.63, 3.8) is 0 Å². The molecule has 1 saturated carbocycles. The number of carbonyl (C=O) groups is 1. The smallest absolute Gasteiger partial charge is 0.225 e. The van der Waals surface area contributed by atoms with Gasteiger partial charge in [0.2, 0.25) is 5.91 Å². The molecule has 1 aliphatic heterocycles. The van der Waals surface area contributed by atoms with Crippen molar-refractivity contribution >= 4 is 17.2 Å². The van der Waals surface area contributed by atoms with E-state index in [1.807, 2.05) is 17.5 Å². The van der Waals surface area contributed by atoms with Crippen LogP contribution in [0.15, 0.2) is 17.5 Å². The van der Waals surface area contributed by atoms with Crippen LogP contribution in [0.2, 0.25) is 0 Å². The molecule has 1 aromatic rings. The minimum absolute atomic E-state index is 0.0311. The number of likely N-dealkylation sites (tertiary alicyclic amines) is 1. The number of hydrogen-bond donors (Lipinski definition) is 2. The minimum Gasteiger partial charge on any atom is -0.389 e. The van der Waals surface area contributed by atoms with E-state index in [2.05, 4.69) is 10.2 Å². The second-order valence-electron chi connectivity index (χ2n) is 6.16. The first-order chi connectivity index (χ1) is 10.2. The summed E-state index contributed by atoms with van der Waals surface area (Å²) in [6.45, 7) is 2.19. The second-order valence-corrected chi connectivity index (χ2v) is 7.19. The van der Waals surface area contributed by atoms with Gasteiger partial charge in [0.15, 0.2) is 0 Å². The number of thiophene rings is 1. The van der Waals surface area contributed by atoms with E-state index >= 15 is 0 Å². The van der Waals surface area contributed by atoms with Crippen LogP contribution >= 0.6 is 11.3 Å². The molecule has 1 saturated heterocycles. The number of hydrogen-bond acceptors (Lipinski definition) is 4. The maximum Gasteiger partial charge on any atom is 0.225 e. The highest BCUT2D eigenvalue weighted by atomic mass is 32.1. The molecule has 5 heteroatoms. The summed E-state index contributed by atoms with van der Waals surface area (Å²) in [5.41, 5.74) is 0. The quantitative estimate of drug-likeness (QED) is 0.891.